The molecule has 0 radical (unpaired) electrons. The molecule has 3 aromatic rings. The molecule has 1 fully saturated rings. The highest BCUT2D eigenvalue weighted by molar-refractivity contribution is 6.29. The Kier molecular flexibility index (Phi) is 4.91. The van der Waals surface area contributed by atoms with Crippen molar-refractivity contribution in [3.8, 4) is 17.0 Å². The Morgan fingerprint density at radius 1 is 1.30 bits per heavy atom. The van der Waals surface area contributed by atoms with Crippen molar-refractivity contribution < 1.29 is 4.74 Å². The average Bonchev–Trinajstić information content (AvgIpc) is 3.09. The molecule has 0 aliphatic carbocycles. The van der Waals surface area contributed by atoms with Gasteiger partial charge < -0.3 is 19.9 Å². The topological polar surface area (TPSA) is 70.8 Å². The molecule has 0 aromatic carbocycles. The zero-order valence-electron chi connectivity index (χ0n) is 17.5. The number of anilines is 2. The molecule has 1 N–H and O–H groups in total. The third-order valence-electron chi connectivity index (χ3n) is 6.10. The van der Waals surface area contributed by atoms with Gasteiger partial charge in [-0.1, -0.05) is 11.6 Å². The molecule has 8 nitrogen and oxygen atoms in total. The summed E-state index contributed by atoms with van der Waals surface area (Å²) in [5.41, 5.74) is 4.48. The van der Waals surface area contributed by atoms with Crippen LogP contribution in [-0.4, -0.2) is 66.0 Å². The Bertz CT molecular complexity index is 1090. The summed E-state index contributed by atoms with van der Waals surface area (Å²) in [5.74, 6) is 1.72. The Balaban J connectivity index is 1.74. The van der Waals surface area contributed by atoms with Gasteiger partial charge >= 0.3 is 0 Å². The van der Waals surface area contributed by atoms with Gasteiger partial charge in [-0.15, -0.1) is 5.10 Å². The van der Waals surface area contributed by atoms with Crippen molar-refractivity contribution >= 4 is 28.8 Å². The van der Waals surface area contributed by atoms with Crippen molar-refractivity contribution in [1.29, 1.82) is 0 Å². The maximum atomic E-state index is 6.18. The Morgan fingerprint density at radius 2 is 2.10 bits per heavy atom. The monoisotopic (exact) mass is 427 g/mol. The number of nitrogens with zero attached hydrogens (tertiary/aromatic N) is 6. The van der Waals surface area contributed by atoms with E-state index >= 15 is 0 Å². The standard InChI is InChI=1S/C21H26ClN7O/c1-13-17(14-4-9-24-16(22)12-14)29-21(25-13)19-18(27(2)10-11-30-19)20(26-29)28(3)15-5-7-23-8-6-15/h4,9,12,15,23H,5-8,10-11H2,1-3H3. The summed E-state index contributed by atoms with van der Waals surface area (Å²) >= 11 is 6.18. The van der Waals surface area contributed by atoms with Crippen molar-refractivity contribution in [3.05, 3.63) is 29.2 Å². The molecule has 3 aromatic heterocycles. The van der Waals surface area contributed by atoms with E-state index in [1.165, 1.54) is 0 Å². The molecule has 5 heterocycles. The maximum Gasteiger partial charge on any atom is 0.199 e. The van der Waals surface area contributed by atoms with Crippen molar-refractivity contribution in [3.63, 3.8) is 0 Å². The summed E-state index contributed by atoms with van der Waals surface area (Å²) in [7, 11) is 4.23. The number of piperidine rings is 1. The fourth-order valence-corrected chi connectivity index (χ4v) is 4.64. The Morgan fingerprint density at radius 3 is 2.87 bits per heavy atom. The first-order valence-corrected chi connectivity index (χ1v) is 10.7. The van der Waals surface area contributed by atoms with Crippen molar-refractivity contribution in [2.24, 2.45) is 0 Å². The van der Waals surface area contributed by atoms with E-state index in [1.54, 1.807) is 6.20 Å². The SMILES string of the molecule is Cc1nc2c3c(c(N(C)C4CCNCC4)nn2c1-c1ccnc(Cl)c1)N(C)CCO3. The largest absolute Gasteiger partial charge is 0.486 e. The minimum Gasteiger partial charge on any atom is -0.486 e. The van der Waals surface area contributed by atoms with E-state index in [2.05, 4.69) is 34.2 Å². The molecule has 0 unspecified atom stereocenters. The third kappa shape index (κ3) is 3.15. The van der Waals surface area contributed by atoms with Gasteiger partial charge in [0, 0.05) is 31.9 Å². The highest BCUT2D eigenvalue weighted by atomic mass is 35.5. The quantitative estimate of drug-likeness (QED) is 0.644. The summed E-state index contributed by atoms with van der Waals surface area (Å²) < 4.78 is 8.08. The molecule has 0 amide bonds. The molecular formula is C21H26ClN7O. The van der Waals surface area contributed by atoms with Crippen LogP contribution in [0.25, 0.3) is 16.9 Å². The van der Waals surface area contributed by atoms with Gasteiger partial charge in [-0.05, 0) is 45.0 Å². The van der Waals surface area contributed by atoms with Gasteiger partial charge in [0.15, 0.2) is 17.2 Å². The number of fused-ring (bicyclic) bond motifs is 3. The van der Waals surface area contributed by atoms with Crippen LogP contribution in [-0.2, 0) is 0 Å². The number of rotatable bonds is 3. The van der Waals surface area contributed by atoms with E-state index < -0.39 is 0 Å². The summed E-state index contributed by atoms with van der Waals surface area (Å²) in [6, 6.07) is 4.22. The minimum absolute atomic E-state index is 0.430. The number of aryl methyl sites for hydroxylation is 1. The normalized spacial score (nSPS) is 17.1. The fourth-order valence-electron chi connectivity index (χ4n) is 4.47. The van der Waals surface area contributed by atoms with Crippen LogP contribution in [0, 0.1) is 6.92 Å². The first-order valence-electron chi connectivity index (χ1n) is 10.4. The first-order chi connectivity index (χ1) is 14.5. The molecule has 2 aliphatic rings. The summed E-state index contributed by atoms with van der Waals surface area (Å²) in [6.07, 6.45) is 3.89. The highest BCUT2D eigenvalue weighted by Crippen LogP contribution is 2.43. The lowest BCUT2D eigenvalue weighted by molar-refractivity contribution is 0.312. The Labute approximate surface area is 180 Å². The van der Waals surface area contributed by atoms with Gasteiger partial charge in [-0.2, -0.15) is 0 Å². The number of ether oxygens (including phenoxy) is 1. The molecule has 2 aliphatic heterocycles. The molecule has 5 rings (SSSR count). The lowest BCUT2D eigenvalue weighted by Gasteiger charge is -2.37. The van der Waals surface area contributed by atoms with E-state index in [-0.39, 0.29) is 0 Å². The number of likely N-dealkylation sites (N-methyl/N-ethyl adjacent to an activating group) is 1. The fraction of sp³-hybridized carbons (Fsp3) is 0.476. The van der Waals surface area contributed by atoms with Crippen LogP contribution >= 0.6 is 11.6 Å². The van der Waals surface area contributed by atoms with Gasteiger partial charge in [0.2, 0.25) is 0 Å². The summed E-state index contributed by atoms with van der Waals surface area (Å²) in [5, 5.41) is 9.01. The first kappa shape index (κ1) is 19.4. The second kappa shape index (κ2) is 7.59. The summed E-state index contributed by atoms with van der Waals surface area (Å²) in [6.45, 7) is 5.49. The molecule has 0 atom stereocenters. The number of hydrogen-bond donors (Lipinski definition) is 1. The third-order valence-corrected chi connectivity index (χ3v) is 6.31. The lowest BCUT2D eigenvalue weighted by atomic mass is 10.1. The number of hydrogen-bond acceptors (Lipinski definition) is 7. The van der Waals surface area contributed by atoms with Crippen LogP contribution in [0.1, 0.15) is 18.5 Å². The van der Waals surface area contributed by atoms with Gasteiger partial charge in [-0.3, -0.25) is 0 Å². The van der Waals surface area contributed by atoms with E-state index in [0.29, 0.717) is 17.8 Å². The molecule has 1 saturated heterocycles. The Hall–Kier alpha value is -2.58. The number of imidazole rings is 1. The molecule has 0 saturated carbocycles. The predicted octanol–water partition coefficient (Wildman–Crippen LogP) is 2.77. The summed E-state index contributed by atoms with van der Waals surface area (Å²) in [4.78, 5) is 13.5. The van der Waals surface area contributed by atoms with Gasteiger partial charge in [-0.25, -0.2) is 14.5 Å². The molecule has 9 heteroatoms. The molecule has 30 heavy (non-hydrogen) atoms. The molecule has 0 spiro atoms. The van der Waals surface area contributed by atoms with E-state index in [4.69, 9.17) is 26.4 Å². The number of aromatic nitrogens is 4. The van der Waals surface area contributed by atoms with Crippen LogP contribution < -0.4 is 19.9 Å². The van der Waals surface area contributed by atoms with Gasteiger partial charge in [0.1, 0.15) is 17.4 Å². The van der Waals surface area contributed by atoms with E-state index in [0.717, 1.165) is 72.3 Å². The van der Waals surface area contributed by atoms with Crippen molar-refractivity contribution in [2.45, 2.75) is 25.8 Å². The predicted molar refractivity (Wildman–Crippen MR) is 119 cm³/mol. The lowest BCUT2D eigenvalue weighted by Crippen LogP contribution is -2.43. The van der Waals surface area contributed by atoms with Crippen LogP contribution in [0.2, 0.25) is 5.15 Å². The highest BCUT2D eigenvalue weighted by Gasteiger charge is 2.31. The number of nitrogens with one attached hydrogen (secondary N) is 1. The number of halogens is 1. The van der Waals surface area contributed by atoms with E-state index in [9.17, 15) is 0 Å². The van der Waals surface area contributed by atoms with Gasteiger partial charge in [0.05, 0.1) is 17.9 Å². The van der Waals surface area contributed by atoms with Crippen LogP contribution in [0.3, 0.4) is 0 Å². The minimum atomic E-state index is 0.430. The second-order valence-corrected chi connectivity index (χ2v) is 8.40. The average molecular weight is 428 g/mol. The van der Waals surface area contributed by atoms with E-state index in [1.807, 2.05) is 23.6 Å². The molecule has 158 valence electrons. The van der Waals surface area contributed by atoms with Crippen molar-refractivity contribution in [1.82, 2.24) is 24.9 Å². The zero-order chi connectivity index (χ0) is 20.8. The van der Waals surface area contributed by atoms with Crippen molar-refractivity contribution in [2.75, 3.05) is 50.1 Å². The second-order valence-electron chi connectivity index (χ2n) is 8.01. The van der Waals surface area contributed by atoms with Gasteiger partial charge in [0.25, 0.3) is 0 Å². The zero-order valence-corrected chi connectivity index (χ0v) is 18.3. The smallest absolute Gasteiger partial charge is 0.199 e. The van der Waals surface area contributed by atoms with Crippen LogP contribution in [0.4, 0.5) is 11.5 Å². The molecule has 0 bridgehead atoms. The molecular weight excluding hydrogens is 402 g/mol. The number of pyridine rings is 1. The maximum absolute atomic E-state index is 6.18. The van der Waals surface area contributed by atoms with Crippen LogP contribution in [0.15, 0.2) is 18.3 Å². The van der Waals surface area contributed by atoms with Crippen LogP contribution in [0.5, 0.6) is 5.75 Å².